The second-order valence-electron chi connectivity index (χ2n) is 5.78. The van der Waals surface area contributed by atoms with Gasteiger partial charge in [-0.1, -0.05) is 18.2 Å². The van der Waals surface area contributed by atoms with E-state index < -0.39 is 23.8 Å². The maximum atomic E-state index is 13.8. The summed E-state index contributed by atoms with van der Waals surface area (Å²) in [6.45, 7) is 0.00755. The second kappa shape index (κ2) is 6.55. The van der Waals surface area contributed by atoms with Crippen molar-refractivity contribution in [3.8, 4) is 10.4 Å². The van der Waals surface area contributed by atoms with Crippen molar-refractivity contribution < 1.29 is 22.4 Å². The van der Waals surface area contributed by atoms with Crippen molar-refractivity contribution in [1.82, 2.24) is 4.90 Å². The third-order valence-electron chi connectivity index (χ3n) is 4.13. The fraction of sp³-hybridized carbons (Fsp3) is 0.353. The number of rotatable bonds is 2. The van der Waals surface area contributed by atoms with Gasteiger partial charge in [-0.2, -0.15) is 13.2 Å². The third kappa shape index (κ3) is 3.45. The van der Waals surface area contributed by atoms with E-state index in [1.807, 2.05) is 0 Å². The summed E-state index contributed by atoms with van der Waals surface area (Å²) in [4.78, 5) is 14.6. The van der Waals surface area contributed by atoms with Gasteiger partial charge in [0.1, 0.15) is 5.82 Å². The fourth-order valence-electron chi connectivity index (χ4n) is 2.84. The minimum Gasteiger partial charge on any atom is -0.337 e. The maximum absolute atomic E-state index is 13.8. The SMILES string of the molecule is O=C(c1ccc(-c2ccccc2F)s1)N1CCCC(C(F)(F)F)C1. The van der Waals surface area contributed by atoms with Crippen LogP contribution >= 0.6 is 11.3 Å². The molecule has 1 aliphatic heterocycles. The van der Waals surface area contributed by atoms with Crippen LogP contribution in [0.25, 0.3) is 10.4 Å². The van der Waals surface area contributed by atoms with E-state index in [1.165, 1.54) is 11.0 Å². The predicted molar refractivity (Wildman–Crippen MR) is 84.4 cm³/mol. The Morgan fingerprint density at radius 1 is 1.17 bits per heavy atom. The lowest BCUT2D eigenvalue weighted by Gasteiger charge is -2.33. The molecule has 1 saturated heterocycles. The monoisotopic (exact) mass is 357 g/mol. The number of thiophene rings is 1. The standard InChI is InChI=1S/C17H15F4NOS/c18-13-6-2-1-5-12(13)14-7-8-15(24-14)16(23)22-9-3-4-11(10-22)17(19,20)21/h1-2,5-8,11H,3-4,9-10H2. The molecule has 24 heavy (non-hydrogen) atoms. The molecule has 0 N–H and O–H groups in total. The predicted octanol–water partition coefficient (Wildman–Crippen LogP) is 4.97. The molecular formula is C17H15F4NOS. The highest BCUT2D eigenvalue weighted by Gasteiger charge is 2.42. The molecule has 1 aliphatic rings. The van der Waals surface area contributed by atoms with E-state index in [1.54, 1.807) is 30.3 Å². The van der Waals surface area contributed by atoms with Gasteiger partial charge in [-0.25, -0.2) is 4.39 Å². The highest BCUT2D eigenvalue weighted by Crippen LogP contribution is 2.35. The van der Waals surface area contributed by atoms with E-state index in [0.717, 1.165) is 11.3 Å². The summed E-state index contributed by atoms with van der Waals surface area (Å²) in [5, 5.41) is 0. The largest absolute Gasteiger partial charge is 0.393 e. The number of hydrogen-bond donors (Lipinski definition) is 0. The molecule has 0 saturated carbocycles. The first kappa shape index (κ1) is 17.0. The molecule has 1 fully saturated rings. The Morgan fingerprint density at radius 2 is 1.92 bits per heavy atom. The van der Waals surface area contributed by atoms with Crippen LogP contribution in [0.4, 0.5) is 17.6 Å². The van der Waals surface area contributed by atoms with Crippen LogP contribution in [0.15, 0.2) is 36.4 Å². The highest BCUT2D eigenvalue weighted by atomic mass is 32.1. The number of nitrogens with zero attached hydrogens (tertiary/aromatic N) is 1. The van der Waals surface area contributed by atoms with Crippen molar-refractivity contribution in [1.29, 1.82) is 0 Å². The van der Waals surface area contributed by atoms with Gasteiger partial charge in [-0.15, -0.1) is 11.3 Å². The molecular weight excluding hydrogens is 342 g/mol. The minimum atomic E-state index is -4.28. The summed E-state index contributed by atoms with van der Waals surface area (Å²) in [7, 11) is 0. The lowest BCUT2D eigenvalue weighted by Crippen LogP contribution is -2.44. The molecule has 0 bridgehead atoms. The Bertz CT molecular complexity index is 740. The first-order valence-electron chi connectivity index (χ1n) is 7.57. The molecule has 128 valence electrons. The number of carbonyl (C=O) groups is 1. The van der Waals surface area contributed by atoms with Gasteiger partial charge < -0.3 is 4.90 Å². The molecule has 1 unspecified atom stereocenters. The van der Waals surface area contributed by atoms with Crippen LogP contribution in [0.3, 0.4) is 0 Å². The number of alkyl halides is 3. The van der Waals surface area contributed by atoms with Gasteiger partial charge in [-0.3, -0.25) is 4.79 Å². The van der Waals surface area contributed by atoms with E-state index in [0.29, 0.717) is 28.3 Å². The zero-order valence-corrected chi connectivity index (χ0v) is 13.5. The van der Waals surface area contributed by atoms with Gasteiger partial charge in [0.15, 0.2) is 0 Å². The summed E-state index contributed by atoms with van der Waals surface area (Å²) in [5.41, 5.74) is 0.383. The Kier molecular flexibility index (Phi) is 4.62. The number of likely N-dealkylation sites (tertiary alicyclic amines) is 1. The van der Waals surface area contributed by atoms with Crippen LogP contribution in [-0.4, -0.2) is 30.1 Å². The molecule has 1 atom stereocenters. The molecule has 1 aromatic carbocycles. The van der Waals surface area contributed by atoms with Crippen LogP contribution < -0.4 is 0 Å². The molecule has 2 heterocycles. The molecule has 1 aromatic heterocycles. The zero-order valence-electron chi connectivity index (χ0n) is 12.6. The third-order valence-corrected chi connectivity index (χ3v) is 5.23. The topological polar surface area (TPSA) is 20.3 Å². The van der Waals surface area contributed by atoms with E-state index in [4.69, 9.17) is 0 Å². The maximum Gasteiger partial charge on any atom is 0.393 e. The van der Waals surface area contributed by atoms with Gasteiger partial charge in [0.05, 0.1) is 10.8 Å². The van der Waals surface area contributed by atoms with Crippen LogP contribution in [0.1, 0.15) is 22.5 Å². The van der Waals surface area contributed by atoms with E-state index in [9.17, 15) is 22.4 Å². The van der Waals surface area contributed by atoms with Crippen molar-refractivity contribution in [3.63, 3.8) is 0 Å². The summed E-state index contributed by atoms with van der Waals surface area (Å²) in [6, 6.07) is 9.38. The number of hydrogen-bond acceptors (Lipinski definition) is 2. The molecule has 0 radical (unpaired) electrons. The van der Waals surface area contributed by atoms with Crippen molar-refractivity contribution in [2.75, 3.05) is 13.1 Å². The van der Waals surface area contributed by atoms with E-state index in [2.05, 4.69) is 0 Å². The van der Waals surface area contributed by atoms with E-state index in [-0.39, 0.29) is 13.0 Å². The molecule has 1 amide bonds. The number of halogens is 4. The van der Waals surface area contributed by atoms with Crippen LogP contribution in [0, 0.1) is 11.7 Å². The average Bonchev–Trinajstić information content (AvgIpc) is 3.03. The van der Waals surface area contributed by atoms with E-state index >= 15 is 0 Å². The Labute approximate surface area is 140 Å². The number of amides is 1. The quantitative estimate of drug-likeness (QED) is 0.695. The molecule has 3 rings (SSSR count). The fourth-order valence-corrected chi connectivity index (χ4v) is 3.84. The van der Waals surface area contributed by atoms with Crippen molar-refractivity contribution >= 4 is 17.2 Å². The van der Waals surface area contributed by atoms with Crippen LogP contribution in [0.2, 0.25) is 0 Å². The molecule has 7 heteroatoms. The number of benzene rings is 1. The summed E-state index contributed by atoms with van der Waals surface area (Å²) in [6.07, 6.45) is -3.90. The number of carbonyl (C=O) groups excluding carboxylic acids is 1. The Morgan fingerprint density at radius 3 is 2.62 bits per heavy atom. The van der Waals surface area contributed by atoms with Crippen molar-refractivity contribution in [3.05, 3.63) is 47.1 Å². The zero-order chi connectivity index (χ0) is 17.3. The van der Waals surface area contributed by atoms with Crippen LogP contribution in [0.5, 0.6) is 0 Å². The van der Waals surface area contributed by atoms with Crippen LogP contribution in [-0.2, 0) is 0 Å². The summed E-state index contributed by atoms with van der Waals surface area (Å²) in [5.74, 6) is -2.29. The lowest BCUT2D eigenvalue weighted by molar-refractivity contribution is -0.184. The molecule has 2 aromatic rings. The van der Waals surface area contributed by atoms with Crippen molar-refractivity contribution in [2.24, 2.45) is 5.92 Å². The van der Waals surface area contributed by atoms with Gasteiger partial charge in [0.25, 0.3) is 5.91 Å². The average molecular weight is 357 g/mol. The summed E-state index contributed by atoms with van der Waals surface area (Å²) < 4.78 is 52.4. The second-order valence-corrected chi connectivity index (χ2v) is 6.86. The minimum absolute atomic E-state index is 0.0538. The van der Waals surface area contributed by atoms with Gasteiger partial charge in [0, 0.05) is 23.5 Å². The normalized spacial score (nSPS) is 18.7. The molecule has 2 nitrogen and oxygen atoms in total. The van der Waals surface area contributed by atoms with Crippen molar-refractivity contribution in [2.45, 2.75) is 19.0 Å². The highest BCUT2D eigenvalue weighted by molar-refractivity contribution is 7.17. The molecule has 0 aliphatic carbocycles. The smallest absolute Gasteiger partial charge is 0.337 e. The van der Waals surface area contributed by atoms with Gasteiger partial charge >= 0.3 is 6.18 Å². The molecule has 0 spiro atoms. The van der Waals surface area contributed by atoms with Gasteiger partial charge in [0.2, 0.25) is 0 Å². The number of piperidine rings is 1. The first-order valence-corrected chi connectivity index (χ1v) is 8.38. The Hall–Kier alpha value is -1.89. The lowest BCUT2D eigenvalue weighted by atomic mass is 9.97. The first-order chi connectivity index (χ1) is 11.4. The summed E-state index contributed by atoms with van der Waals surface area (Å²) >= 11 is 1.10. The Balaban J connectivity index is 1.78. The van der Waals surface area contributed by atoms with Gasteiger partial charge in [-0.05, 0) is 31.0 Å².